The molecule has 1 N–H and O–H groups in total. The molecular formula is C35H50N4O2. The van der Waals surface area contributed by atoms with Gasteiger partial charge in [-0.25, -0.2) is 9.13 Å². The van der Waals surface area contributed by atoms with Crippen molar-refractivity contribution >= 4 is 23.2 Å². The highest BCUT2D eigenvalue weighted by molar-refractivity contribution is 5.88. The Bertz CT molecular complexity index is 1190. The zero-order valence-electron chi connectivity index (χ0n) is 25.9. The molecule has 0 aliphatic carbocycles. The van der Waals surface area contributed by atoms with Crippen LogP contribution in [0.4, 0.5) is 11.4 Å². The van der Waals surface area contributed by atoms with Crippen molar-refractivity contribution in [1.29, 1.82) is 0 Å². The summed E-state index contributed by atoms with van der Waals surface area (Å²) in [4.78, 5) is 15.8. The first-order valence-corrected chi connectivity index (χ1v) is 15.7. The smallest absolute Gasteiger partial charge is 0.292 e. The van der Waals surface area contributed by atoms with Crippen LogP contribution < -0.4 is 15.0 Å². The van der Waals surface area contributed by atoms with E-state index >= 15 is 0 Å². The number of hydrogen-bond donors (Lipinski definition) is 1. The minimum absolute atomic E-state index is 0.0761. The zero-order valence-corrected chi connectivity index (χ0v) is 25.9. The van der Waals surface area contributed by atoms with Crippen LogP contribution in [0.15, 0.2) is 65.9 Å². The van der Waals surface area contributed by atoms with Gasteiger partial charge in [-0.05, 0) is 79.3 Å². The standard InChI is InChI=1S/C35H50N4O2/c1-6-10-12-28(8-3)25-38-22-23-39(26-29(9-4)13-11-7-2)35(38)34(41)37-33-20-16-31(17-21-33)24-30-14-18-32(19-15-30)36-27(5)40/h14-23,28-29H,6-13,24-26H2,1-5H3,(H-,36,37,40,41). The molecule has 1 heterocycles. The van der Waals surface area contributed by atoms with Gasteiger partial charge in [-0.3, -0.25) is 9.79 Å². The number of imidazole rings is 1. The van der Waals surface area contributed by atoms with Crippen LogP contribution in [0.3, 0.4) is 0 Å². The van der Waals surface area contributed by atoms with Crippen molar-refractivity contribution < 1.29 is 14.5 Å². The largest absolute Gasteiger partial charge is 0.853 e. The van der Waals surface area contributed by atoms with Gasteiger partial charge in [-0.1, -0.05) is 77.6 Å². The summed E-state index contributed by atoms with van der Waals surface area (Å²) in [6, 6.07) is 15.8. The molecule has 6 nitrogen and oxygen atoms in total. The van der Waals surface area contributed by atoms with Crippen molar-refractivity contribution in [2.45, 2.75) is 105 Å². The number of carbonyl (C=O) groups excluding carboxylic acids is 1. The number of nitrogens with one attached hydrogen (secondary N) is 1. The van der Waals surface area contributed by atoms with Gasteiger partial charge in [0.1, 0.15) is 12.4 Å². The van der Waals surface area contributed by atoms with E-state index in [9.17, 15) is 9.90 Å². The first kappa shape index (κ1) is 32.1. The average Bonchev–Trinajstić information content (AvgIpc) is 3.36. The van der Waals surface area contributed by atoms with Crippen LogP contribution in [0, 0.1) is 11.8 Å². The number of aromatic nitrogens is 2. The second kappa shape index (κ2) is 16.8. The lowest BCUT2D eigenvalue weighted by molar-refractivity contribution is -0.706. The number of benzene rings is 2. The third-order valence-electron chi connectivity index (χ3n) is 8.01. The lowest BCUT2D eigenvalue weighted by Crippen LogP contribution is -2.45. The summed E-state index contributed by atoms with van der Waals surface area (Å²) in [7, 11) is 0. The first-order chi connectivity index (χ1) is 19.9. The normalized spacial score (nSPS) is 13.2. The Morgan fingerprint density at radius 2 is 1.49 bits per heavy atom. The molecule has 222 valence electrons. The predicted octanol–water partition coefficient (Wildman–Crippen LogP) is 7.20. The maximum Gasteiger partial charge on any atom is 0.292 e. The summed E-state index contributed by atoms with van der Waals surface area (Å²) in [6.45, 7) is 12.2. The Hall–Kier alpha value is -3.41. The number of amides is 1. The monoisotopic (exact) mass is 558 g/mol. The first-order valence-electron chi connectivity index (χ1n) is 15.7. The quantitative estimate of drug-likeness (QED) is 0.108. The van der Waals surface area contributed by atoms with Gasteiger partial charge in [-0.2, -0.15) is 0 Å². The van der Waals surface area contributed by atoms with Gasteiger partial charge in [0, 0.05) is 12.6 Å². The molecule has 2 atom stereocenters. The van der Waals surface area contributed by atoms with Crippen LogP contribution >= 0.6 is 0 Å². The number of rotatable bonds is 17. The number of carbonyl (C=O) groups is 1. The van der Waals surface area contributed by atoms with Gasteiger partial charge in [0.05, 0.1) is 24.7 Å². The highest BCUT2D eigenvalue weighted by Crippen LogP contribution is 2.20. The molecule has 0 aliphatic rings. The lowest BCUT2D eigenvalue weighted by Gasteiger charge is -2.18. The summed E-state index contributed by atoms with van der Waals surface area (Å²) in [5.74, 6) is 1.55. The van der Waals surface area contributed by atoms with Crippen molar-refractivity contribution in [2.75, 3.05) is 5.32 Å². The molecule has 1 aromatic heterocycles. The van der Waals surface area contributed by atoms with Gasteiger partial charge in [0.25, 0.3) is 5.82 Å². The van der Waals surface area contributed by atoms with E-state index in [-0.39, 0.29) is 11.8 Å². The molecule has 0 spiro atoms. The number of unbranched alkanes of at least 4 members (excludes halogenated alkanes) is 2. The number of anilines is 1. The summed E-state index contributed by atoms with van der Waals surface area (Å²) >= 11 is 0. The maximum absolute atomic E-state index is 13.7. The van der Waals surface area contributed by atoms with Crippen LogP contribution in [0.2, 0.25) is 0 Å². The van der Waals surface area contributed by atoms with Crippen molar-refractivity contribution in [3.63, 3.8) is 0 Å². The molecule has 6 heteroatoms. The Kier molecular flexibility index (Phi) is 13.1. The Morgan fingerprint density at radius 3 is 2.05 bits per heavy atom. The lowest BCUT2D eigenvalue weighted by atomic mass is 9.99. The number of hydrogen-bond acceptors (Lipinski definition) is 3. The molecule has 0 aliphatic heterocycles. The molecule has 1 amide bonds. The van der Waals surface area contributed by atoms with Crippen LogP contribution in [0.1, 0.15) is 103 Å². The van der Waals surface area contributed by atoms with E-state index in [2.05, 4.69) is 59.5 Å². The molecule has 0 saturated carbocycles. The highest BCUT2D eigenvalue weighted by atomic mass is 16.3. The summed E-state index contributed by atoms with van der Waals surface area (Å²) in [5, 5.41) is 16.5. The van der Waals surface area contributed by atoms with Crippen molar-refractivity contribution in [3.05, 3.63) is 77.9 Å². The van der Waals surface area contributed by atoms with Crippen LogP contribution in [0.25, 0.3) is 0 Å². The van der Waals surface area contributed by atoms with E-state index in [4.69, 9.17) is 0 Å². The zero-order chi connectivity index (χ0) is 29.6. The fourth-order valence-corrected chi connectivity index (χ4v) is 5.40. The van der Waals surface area contributed by atoms with Gasteiger partial charge in [-0.15, -0.1) is 0 Å². The SMILES string of the molecule is CCCCC(CC)Cn1cc[n+](CC(CC)CCCC)c1C([O-])=Nc1ccc(Cc2ccc(NC(C)=O)cc2)cc1. The van der Waals surface area contributed by atoms with Crippen molar-refractivity contribution in [3.8, 4) is 0 Å². The number of nitrogens with zero attached hydrogens (tertiary/aromatic N) is 3. The fourth-order valence-electron chi connectivity index (χ4n) is 5.40. The molecule has 0 bridgehead atoms. The average molecular weight is 559 g/mol. The molecule has 0 radical (unpaired) electrons. The van der Waals surface area contributed by atoms with Crippen LogP contribution in [-0.2, 0) is 24.3 Å². The second-order valence-corrected chi connectivity index (χ2v) is 11.4. The Balaban J connectivity index is 1.81. The number of aliphatic imine (C=N–C) groups is 1. The second-order valence-electron chi connectivity index (χ2n) is 11.4. The molecular weight excluding hydrogens is 508 g/mol. The Morgan fingerprint density at radius 1 is 0.902 bits per heavy atom. The molecule has 41 heavy (non-hydrogen) atoms. The summed E-state index contributed by atoms with van der Waals surface area (Å²) in [6.07, 6.45) is 14.3. The fraction of sp³-hybridized carbons (Fsp3) is 0.514. The molecule has 0 saturated heterocycles. The van der Waals surface area contributed by atoms with Gasteiger partial charge >= 0.3 is 0 Å². The minimum Gasteiger partial charge on any atom is -0.853 e. The van der Waals surface area contributed by atoms with Gasteiger partial charge < -0.3 is 10.4 Å². The summed E-state index contributed by atoms with van der Waals surface area (Å²) < 4.78 is 4.31. The molecule has 3 aromatic rings. The Labute approximate surface area is 247 Å². The molecule has 0 fully saturated rings. The molecule has 2 unspecified atom stereocenters. The van der Waals surface area contributed by atoms with Crippen molar-refractivity contribution in [2.24, 2.45) is 16.8 Å². The molecule has 2 aromatic carbocycles. The van der Waals surface area contributed by atoms with Crippen molar-refractivity contribution in [1.82, 2.24) is 4.57 Å². The van der Waals surface area contributed by atoms with E-state index in [1.807, 2.05) is 48.5 Å². The highest BCUT2D eigenvalue weighted by Gasteiger charge is 2.23. The third-order valence-corrected chi connectivity index (χ3v) is 8.01. The van der Waals surface area contributed by atoms with E-state index in [1.165, 1.54) is 45.4 Å². The van der Waals surface area contributed by atoms with Gasteiger partial charge in [0.15, 0.2) is 0 Å². The minimum atomic E-state index is -0.174. The summed E-state index contributed by atoms with van der Waals surface area (Å²) in [5.41, 5.74) is 3.77. The third kappa shape index (κ3) is 10.2. The van der Waals surface area contributed by atoms with E-state index in [0.717, 1.165) is 49.2 Å². The molecule has 3 rings (SSSR count). The van der Waals surface area contributed by atoms with E-state index in [1.54, 1.807) is 0 Å². The van der Waals surface area contributed by atoms with E-state index < -0.39 is 0 Å². The van der Waals surface area contributed by atoms with E-state index in [0.29, 0.717) is 23.3 Å². The van der Waals surface area contributed by atoms with Crippen LogP contribution in [-0.4, -0.2) is 16.4 Å². The predicted molar refractivity (Wildman–Crippen MR) is 167 cm³/mol. The van der Waals surface area contributed by atoms with Gasteiger partial charge in [0.2, 0.25) is 5.91 Å². The van der Waals surface area contributed by atoms with Crippen LogP contribution in [0.5, 0.6) is 0 Å². The topological polar surface area (TPSA) is 73.3 Å². The maximum atomic E-state index is 13.7.